The number of benzene rings is 1. The Morgan fingerprint density at radius 3 is 2.72 bits per heavy atom. The fourth-order valence-electron chi connectivity index (χ4n) is 2.08. The van der Waals surface area contributed by atoms with E-state index in [2.05, 4.69) is 16.2 Å². The number of nitrogens with zero attached hydrogens (tertiary/aromatic N) is 2. The van der Waals surface area contributed by atoms with Crippen molar-refractivity contribution in [1.82, 2.24) is 10.3 Å². The van der Waals surface area contributed by atoms with E-state index in [1.54, 1.807) is 25.1 Å². The average molecular weight is 378 g/mol. The number of likely N-dealkylation sites (N-methyl/N-ethyl adjacent to an activating group) is 1. The molecule has 130 valence electrons. The molecule has 0 spiro atoms. The van der Waals surface area contributed by atoms with Crippen molar-refractivity contribution in [3.63, 3.8) is 0 Å². The highest BCUT2D eigenvalue weighted by Crippen LogP contribution is 2.25. The molecular weight excluding hydrogens is 362 g/mol. The van der Waals surface area contributed by atoms with Crippen LogP contribution in [0.3, 0.4) is 0 Å². The molecule has 8 heteroatoms. The molecule has 0 saturated carbocycles. The van der Waals surface area contributed by atoms with E-state index in [4.69, 9.17) is 18.0 Å². The Bertz CT molecular complexity index is 952. The molecule has 0 aliphatic rings. The zero-order chi connectivity index (χ0) is 18.6. The molecule has 25 heavy (non-hydrogen) atoms. The molecule has 1 aromatic carbocycles. The van der Waals surface area contributed by atoms with Gasteiger partial charge in [0.15, 0.2) is 0 Å². The predicted octanol–water partition coefficient (Wildman–Crippen LogP) is 1.97. The number of hydrogen-bond acceptors (Lipinski definition) is 4. The van der Waals surface area contributed by atoms with Crippen LogP contribution in [-0.2, 0) is 14.8 Å². The molecule has 0 aliphatic carbocycles. The summed E-state index contributed by atoms with van der Waals surface area (Å²) in [6.07, 6.45) is 6.54. The van der Waals surface area contributed by atoms with Crippen molar-refractivity contribution in [1.29, 1.82) is 0 Å². The van der Waals surface area contributed by atoms with Crippen LogP contribution in [-0.4, -0.2) is 32.9 Å². The number of hydrogen-bond donors (Lipinski definition) is 1. The van der Waals surface area contributed by atoms with Gasteiger partial charge in [0.25, 0.3) is 10.0 Å². The Hall–Kier alpha value is -2.56. The van der Waals surface area contributed by atoms with Crippen LogP contribution in [0, 0.1) is 19.3 Å². The SMILES string of the molecule is C#Cc1cccc(N(CC(=O)NC)S(=O)(=O)c2cnc(Cl)c(C)c2)c1. The Kier molecular flexibility index (Phi) is 5.67. The van der Waals surface area contributed by atoms with E-state index in [-0.39, 0.29) is 15.7 Å². The van der Waals surface area contributed by atoms with E-state index in [0.717, 1.165) is 10.5 Å². The normalized spacial score (nSPS) is 10.8. The number of aromatic nitrogens is 1. The minimum Gasteiger partial charge on any atom is -0.358 e. The minimum atomic E-state index is -4.04. The molecule has 0 bridgehead atoms. The second-order valence-electron chi connectivity index (χ2n) is 5.16. The Labute approximate surface area is 151 Å². The lowest BCUT2D eigenvalue weighted by atomic mass is 10.2. The molecule has 2 aromatic rings. The van der Waals surface area contributed by atoms with Gasteiger partial charge in [-0.1, -0.05) is 23.6 Å². The fourth-order valence-corrected chi connectivity index (χ4v) is 3.62. The molecule has 0 unspecified atom stereocenters. The lowest BCUT2D eigenvalue weighted by molar-refractivity contribution is -0.119. The van der Waals surface area contributed by atoms with Gasteiger partial charge in [0.05, 0.1) is 5.69 Å². The third-order valence-electron chi connectivity index (χ3n) is 3.44. The topological polar surface area (TPSA) is 79.4 Å². The molecule has 0 radical (unpaired) electrons. The van der Waals surface area contributed by atoms with Crippen LogP contribution in [0.1, 0.15) is 11.1 Å². The minimum absolute atomic E-state index is 0.0654. The number of terminal acetylenes is 1. The van der Waals surface area contributed by atoms with Crippen molar-refractivity contribution in [3.05, 3.63) is 52.8 Å². The molecule has 0 fully saturated rings. The average Bonchev–Trinajstić information content (AvgIpc) is 2.61. The number of carbonyl (C=O) groups is 1. The maximum absolute atomic E-state index is 13.1. The first-order valence-electron chi connectivity index (χ1n) is 7.21. The van der Waals surface area contributed by atoms with Gasteiger partial charge in [0, 0.05) is 18.8 Å². The van der Waals surface area contributed by atoms with Gasteiger partial charge in [0.1, 0.15) is 16.6 Å². The summed E-state index contributed by atoms with van der Waals surface area (Å²) in [6, 6.07) is 7.80. The molecule has 0 aliphatic heterocycles. The number of halogens is 1. The summed E-state index contributed by atoms with van der Waals surface area (Å²) in [5.41, 5.74) is 1.30. The quantitative estimate of drug-likeness (QED) is 0.638. The number of pyridine rings is 1. The second-order valence-corrected chi connectivity index (χ2v) is 7.38. The zero-order valence-corrected chi connectivity index (χ0v) is 15.2. The van der Waals surface area contributed by atoms with Crippen LogP contribution >= 0.6 is 11.6 Å². The first-order chi connectivity index (χ1) is 11.8. The molecule has 1 aromatic heterocycles. The van der Waals surface area contributed by atoms with Gasteiger partial charge in [-0.25, -0.2) is 13.4 Å². The van der Waals surface area contributed by atoms with E-state index in [0.29, 0.717) is 11.1 Å². The van der Waals surface area contributed by atoms with E-state index < -0.39 is 22.5 Å². The number of rotatable bonds is 5. The number of carbonyl (C=O) groups excluding carboxylic acids is 1. The predicted molar refractivity (Wildman–Crippen MR) is 97.0 cm³/mol. The van der Waals surface area contributed by atoms with Crippen LogP contribution in [0.5, 0.6) is 0 Å². The molecule has 1 heterocycles. The summed E-state index contributed by atoms with van der Waals surface area (Å²) in [5, 5.41) is 2.63. The fraction of sp³-hybridized carbons (Fsp3) is 0.176. The highest BCUT2D eigenvalue weighted by atomic mass is 35.5. The highest BCUT2D eigenvalue weighted by molar-refractivity contribution is 7.92. The molecule has 1 N–H and O–H groups in total. The molecule has 6 nitrogen and oxygen atoms in total. The molecular formula is C17H16ClN3O3S. The largest absolute Gasteiger partial charge is 0.358 e. The summed E-state index contributed by atoms with van der Waals surface area (Å²) >= 11 is 5.87. The summed E-state index contributed by atoms with van der Waals surface area (Å²) in [7, 11) is -2.61. The maximum Gasteiger partial charge on any atom is 0.266 e. The van der Waals surface area contributed by atoms with Crippen molar-refractivity contribution in [3.8, 4) is 12.3 Å². The van der Waals surface area contributed by atoms with Crippen molar-refractivity contribution in [2.24, 2.45) is 0 Å². The van der Waals surface area contributed by atoms with E-state index in [1.165, 1.54) is 19.2 Å². The van der Waals surface area contributed by atoms with Crippen molar-refractivity contribution < 1.29 is 13.2 Å². The summed E-state index contributed by atoms with van der Waals surface area (Å²) < 4.78 is 27.1. The smallest absolute Gasteiger partial charge is 0.266 e. The van der Waals surface area contributed by atoms with Gasteiger partial charge < -0.3 is 5.32 Å². The Balaban J connectivity index is 2.59. The third kappa shape index (κ3) is 4.10. The van der Waals surface area contributed by atoms with Gasteiger partial charge in [-0.15, -0.1) is 6.42 Å². The number of anilines is 1. The van der Waals surface area contributed by atoms with Crippen LogP contribution in [0.25, 0.3) is 0 Å². The van der Waals surface area contributed by atoms with Crippen molar-refractivity contribution in [2.75, 3.05) is 17.9 Å². The number of amides is 1. The van der Waals surface area contributed by atoms with Crippen molar-refractivity contribution in [2.45, 2.75) is 11.8 Å². The first kappa shape index (κ1) is 18.8. The van der Waals surface area contributed by atoms with Crippen molar-refractivity contribution >= 4 is 33.2 Å². The lowest BCUT2D eigenvalue weighted by Gasteiger charge is -2.24. The number of sulfonamides is 1. The molecule has 0 atom stereocenters. The van der Waals surface area contributed by atoms with Crippen LogP contribution in [0.2, 0.25) is 5.15 Å². The van der Waals surface area contributed by atoms with Crippen LogP contribution in [0.15, 0.2) is 41.4 Å². The molecule has 2 rings (SSSR count). The number of nitrogens with one attached hydrogen (secondary N) is 1. The third-order valence-corrected chi connectivity index (χ3v) is 5.58. The first-order valence-corrected chi connectivity index (χ1v) is 9.03. The van der Waals surface area contributed by atoms with Crippen LogP contribution in [0.4, 0.5) is 5.69 Å². The van der Waals surface area contributed by atoms with Gasteiger partial charge in [-0.05, 0) is 36.8 Å². The summed E-state index contributed by atoms with van der Waals surface area (Å²) in [5.74, 6) is 1.98. The second kappa shape index (κ2) is 7.55. The van der Waals surface area contributed by atoms with E-state index >= 15 is 0 Å². The standard InChI is InChI=1S/C17H16ClN3O3S/c1-4-13-6-5-7-14(9-13)21(11-16(22)19-3)25(23,24)15-8-12(2)17(18)20-10-15/h1,5-10H,11H2,2-3H3,(H,19,22). The Morgan fingerprint density at radius 2 is 2.12 bits per heavy atom. The number of aryl methyl sites for hydroxylation is 1. The maximum atomic E-state index is 13.1. The summed E-state index contributed by atoms with van der Waals surface area (Å²) in [6.45, 7) is 1.25. The zero-order valence-electron chi connectivity index (χ0n) is 13.7. The van der Waals surface area contributed by atoms with E-state index in [1.807, 2.05) is 0 Å². The van der Waals surface area contributed by atoms with Crippen LogP contribution < -0.4 is 9.62 Å². The van der Waals surface area contributed by atoms with Gasteiger partial charge >= 0.3 is 0 Å². The molecule has 1 amide bonds. The lowest BCUT2D eigenvalue weighted by Crippen LogP contribution is -2.39. The van der Waals surface area contributed by atoms with Gasteiger partial charge in [0.2, 0.25) is 5.91 Å². The van der Waals surface area contributed by atoms with E-state index in [9.17, 15) is 13.2 Å². The monoisotopic (exact) mass is 377 g/mol. The van der Waals surface area contributed by atoms with Gasteiger partial charge in [-0.2, -0.15) is 0 Å². The molecule has 0 saturated heterocycles. The Morgan fingerprint density at radius 1 is 1.40 bits per heavy atom. The highest BCUT2D eigenvalue weighted by Gasteiger charge is 2.28. The summed E-state index contributed by atoms with van der Waals surface area (Å²) in [4.78, 5) is 15.7. The van der Waals surface area contributed by atoms with Gasteiger partial charge in [-0.3, -0.25) is 9.10 Å².